The van der Waals surface area contributed by atoms with Crippen LogP contribution in [-0.2, 0) is 11.2 Å². The summed E-state index contributed by atoms with van der Waals surface area (Å²) in [5, 5.41) is 4.22. The van der Waals surface area contributed by atoms with Crippen LogP contribution in [0.5, 0.6) is 0 Å². The van der Waals surface area contributed by atoms with E-state index in [-0.39, 0.29) is 17.7 Å². The number of amides is 2. The summed E-state index contributed by atoms with van der Waals surface area (Å²) < 4.78 is 0. The summed E-state index contributed by atoms with van der Waals surface area (Å²) in [4.78, 5) is 30.2. The summed E-state index contributed by atoms with van der Waals surface area (Å²) in [5.41, 5.74) is 0.908. The zero-order valence-corrected chi connectivity index (χ0v) is 15.6. The van der Waals surface area contributed by atoms with E-state index in [4.69, 9.17) is 23.2 Å². The predicted octanol–water partition coefficient (Wildman–Crippen LogP) is 4.15. The van der Waals surface area contributed by atoms with Crippen molar-refractivity contribution >= 4 is 62.6 Å². The molecule has 24 heavy (non-hydrogen) atoms. The summed E-state index contributed by atoms with van der Waals surface area (Å²) in [6, 6.07) is 5.49. The fourth-order valence-corrected chi connectivity index (χ4v) is 4.28. The third kappa shape index (κ3) is 4.22. The number of thiazole rings is 1. The van der Waals surface area contributed by atoms with Crippen molar-refractivity contribution in [3.05, 3.63) is 44.9 Å². The standard InChI is InChI=1S/C15H13Cl2N3O2S2/c16-11-3-1-2-9(13(11)17)6-10-7-18-14(24-10)19-12(21)8-20-4-5-23-15(20)22/h1-3,7H,4-6,8H2,(H,18,19,21). The van der Waals surface area contributed by atoms with E-state index in [0.29, 0.717) is 28.1 Å². The quantitative estimate of drug-likeness (QED) is 0.816. The number of thioether (sulfide) groups is 1. The normalized spacial score (nSPS) is 14.2. The maximum absolute atomic E-state index is 12.0. The van der Waals surface area contributed by atoms with E-state index < -0.39 is 0 Å². The lowest BCUT2D eigenvalue weighted by Gasteiger charge is -2.12. The molecule has 0 atom stereocenters. The van der Waals surface area contributed by atoms with Crippen molar-refractivity contribution in [1.82, 2.24) is 9.88 Å². The van der Waals surface area contributed by atoms with Gasteiger partial charge in [-0.2, -0.15) is 0 Å². The van der Waals surface area contributed by atoms with Gasteiger partial charge in [-0.15, -0.1) is 11.3 Å². The molecular weight excluding hydrogens is 389 g/mol. The second-order valence-corrected chi connectivity index (χ2v) is 8.05. The second kappa shape index (κ2) is 7.74. The van der Waals surface area contributed by atoms with Crippen LogP contribution in [0.1, 0.15) is 10.4 Å². The predicted molar refractivity (Wildman–Crippen MR) is 99.4 cm³/mol. The third-order valence-electron chi connectivity index (χ3n) is 3.38. The molecule has 2 amide bonds. The molecule has 3 rings (SSSR count). The molecule has 1 aliphatic rings. The lowest BCUT2D eigenvalue weighted by atomic mass is 10.1. The molecule has 9 heteroatoms. The van der Waals surface area contributed by atoms with Gasteiger partial charge in [0.25, 0.3) is 5.24 Å². The number of hydrogen-bond donors (Lipinski definition) is 1. The van der Waals surface area contributed by atoms with E-state index in [2.05, 4.69) is 10.3 Å². The SMILES string of the molecule is O=C(CN1CCSC1=O)Nc1ncc(Cc2cccc(Cl)c2Cl)s1. The Balaban J connectivity index is 1.60. The van der Waals surface area contributed by atoms with Crippen LogP contribution in [-0.4, -0.2) is 39.9 Å². The first-order chi connectivity index (χ1) is 11.5. The number of carbonyl (C=O) groups is 2. The van der Waals surface area contributed by atoms with Crippen LogP contribution in [0.3, 0.4) is 0 Å². The number of halogens is 2. The molecule has 2 aromatic rings. The number of nitrogens with one attached hydrogen (secondary N) is 1. The highest BCUT2D eigenvalue weighted by atomic mass is 35.5. The summed E-state index contributed by atoms with van der Waals surface area (Å²) in [5.74, 6) is 0.487. The van der Waals surface area contributed by atoms with Gasteiger partial charge in [-0.05, 0) is 11.6 Å². The third-order valence-corrected chi connectivity index (χ3v) is 6.04. The maximum Gasteiger partial charge on any atom is 0.282 e. The number of rotatable bonds is 5. The number of aromatic nitrogens is 1. The van der Waals surface area contributed by atoms with Gasteiger partial charge < -0.3 is 10.2 Å². The minimum absolute atomic E-state index is 0.0550. The Morgan fingerprint density at radius 3 is 2.96 bits per heavy atom. The number of carbonyl (C=O) groups excluding carboxylic acids is 2. The van der Waals surface area contributed by atoms with Gasteiger partial charge in [-0.3, -0.25) is 9.59 Å². The maximum atomic E-state index is 12.0. The van der Waals surface area contributed by atoms with Crippen molar-refractivity contribution in [2.45, 2.75) is 6.42 Å². The summed E-state index contributed by atoms with van der Waals surface area (Å²) >= 11 is 14.8. The van der Waals surface area contributed by atoms with Gasteiger partial charge in [-0.25, -0.2) is 4.98 Å². The highest BCUT2D eigenvalue weighted by Crippen LogP contribution is 2.29. The molecule has 0 bridgehead atoms. The highest BCUT2D eigenvalue weighted by Gasteiger charge is 2.23. The van der Waals surface area contributed by atoms with Crippen LogP contribution in [0.25, 0.3) is 0 Å². The molecule has 0 spiro atoms. The number of nitrogens with zero attached hydrogens (tertiary/aromatic N) is 2. The lowest BCUT2D eigenvalue weighted by molar-refractivity contribution is -0.116. The Morgan fingerprint density at radius 1 is 1.38 bits per heavy atom. The van der Waals surface area contributed by atoms with E-state index in [1.165, 1.54) is 28.0 Å². The average molecular weight is 402 g/mol. The van der Waals surface area contributed by atoms with Crippen LogP contribution in [0, 0.1) is 0 Å². The van der Waals surface area contributed by atoms with E-state index in [1.54, 1.807) is 12.3 Å². The van der Waals surface area contributed by atoms with Crippen molar-refractivity contribution in [1.29, 1.82) is 0 Å². The molecular formula is C15H13Cl2N3O2S2. The zero-order chi connectivity index (χ0) is 17.1. The first-order valence-corrected chi connectivity index (χ1v) is 9.68. The summed E-state index contributed by atoms with van der Waals surface area (Å²) in [6.45, 7) is 0.661. The molecule has 5 nitrogen and oxygen atoms in total. The summed E-state index contributed by atoms with van der Waals surface area (Å²) in [6.07, 6.45) is 2.29. The first-order valence-electron chi connectivity index (χ1n) is 7.12. The zero-order valence-electron chi connectivity index (χ0n) is 12.4. The van der Waals surface area contributed by atoms with Crippen LogP contribution < -0.4 is 5.32 Å². The number of anilines is 1. The van der Waals surface area contributed by atoms with Crippen molar-refractivity contribution in [2.24, 2.45) is 0 Å². The second-order valence-electron chi connectivity index (χ2n) is 5.11. The summed E-state index contributed by atoms with van der Waals surface area (Å²) in [7, 11) is 0. The average Bonchev–Trinajstić information content (AvgIpc) is 3.14. The van der Waals surface area contributed by atoms with Crippen LogP contribution >= 0.6 is 46.3 Å². The molecule has 1 aromatic carbocycles. The minimum Gasteiger partial charge on any atom is -0.323 e. The topological polar surface area (TPSA) is 62.3 Å². The van der Waals surface area contributed by atoms with Crippen molar-refractivity contribution in [3.8, 4) is 0 Å². The van der Waals surface area contributed by atoms with Crippen molar-refractivity contribution in [3.63, 3.8) is 0 Å². The minimum atomic E-state index is -0.243. The first kappa shape index (κ1) is 17.5. The molecule has 0 radical (unpaired) electrons. The fraction of sp³-hybridized carbons (Fsp3) is 0.267. The molecule has 126 valence electrons. The molecule has 1 aromatic heterocycles. The highest BCUT2D eigenvalue weighted by molar-refractivity contribution is 8.13. The van der Waals surface area contributed by atoms with Gasteiger partial charge in [-0.1, -0.05) is 47.1 Å². The molecule has 2 heterocycles. The van der Waals surface area contributed by atoms with E-state index >= 15 is 0 Å². The Labute approximate surface area is 157 Å². The van der Waals surface area contributed by atoms with Crippen LogP contribution in [0.2, 0.25) is 10.0 Å². The van der Waals surface area contributed by atoms with Crippen LogP contribution in [0.4, 0.5) is 9.93 Å². The Morgan fingerprint density at radius 2 is 2.21 bits per heavy atom. The van der Waals surface area contributed by atoms with Gasteiger partial charge in [0.15, 0.2) is 5.13 Å². The largest absolute Gasteiger partial charge is 0.323 e. The Hall–Kier alpha value is -1.28. The number of hydrogen-bond acceptors (Lipinski definition) is 5. The van der Waals surface area contributed by atoms with Crippen molar-refractivity contribution < 1.29 is 9.59 Å². The Kier molecular flexibility index (Phi) is 5.65. The molecule has 1 N–H and O–H groups in total. The Bertz CT molecular complexity index is 782. The van der Waals surface area contributed by atoms with E-state index in [9.17, 15) is 9.59 Å². The van der Waals surface area contributed by atoms with E-state index in [1.807, 2.05) is 12.1 Å². The fourth-order valence-electron chi connectivity index (χ4n) is 2.22. The van der Waals surface area contributed by atoms with Crippen molar-refractivity contribution in [2.75, 3.05) is 24.2 Å². The van der Waals surface area contributed by atoms with Gasteiger partial charge in [0, 0.05) is 29.8 Å². The molecule has 0 aliphatic carbocycles. The molecule has 1 aliphatic heterocycles. The number of benzene rings is 1. The smallest absolute Gasteiger partial charge is 0.282 e. The van der Waals surface area contributed by atoms with E-state index in [0.717, 1.165) is 16.2 Å². The molecule has 1 fully saturated rings. The molecule has 1 saturated heterocycles. The van der Waals surface area contributed by atoms with Gasteiger partial charge in [0.1, 0.15) is 6.54 Å². The van der Waals surface area contributed by atoms with Gasteiger partial charge in [0.05, 0.1) is 10.0 Å². The van der Waals surface area contributed by atoms with Crippen LogP contribution in [0.15, 0.2) is 24.4 Å². The van der Waals surface area contributed by atoms with Gasteiger partial charge >= 0.3 is 0 Å². The van der Waals surface area contributed by atoms with Gasteiger partial charge in [0.2, 0.25) is 5.91 Å². The lowest BCUT2D eigenvalue weighted by Crippen LogP contribution is -2.33. The molecule has 0 saturated carbocycles. The monoisotopic (exact) mass is 401 g/mol. The molecule has 0 unspecified atom stereocenters.